The highest BCUT2D eigenvalue weighted by molar-refractivity contribution is 8.01. The van der Waals surface area contributed by atoms with Crippen LogP contribution in [0.2, 0.25) is 0 Å². The zero-order valence-corrected chi connectivity index (χ0v) is 14.9. The highest BCUT2D eigenvalue weighted by atomic mass is 32.2. The van der Waals surface area contributed by atoms with Gasteiger partial charge in [-0.1, -0.05) is 65.6 Å². The summed E-state index contributed by atoms with van der Waals surface area (Å²) >= 11 is 3.22. The predicted molar refractivity (Wildman–Crippen MR) is 105 cm³/mol. The summed E-state index contributed by atoms with van der Waals surface area (Å²) in [5.74, 6) is 1.69. The minimum atomic E-state index is 0.745. The predicted octanol–water partition coefficient (Wildman–Crippen LogP) is 5.21. The molecule has 122 valence electrons. The summed E-state index contributed by atoms with van der Waals surface area (Å²) < 4.78 is 6.16. The van der Waals surface area contributed by atoms with Crippen LogP contribution < -0.4 is 10.5 Å². The highest BCUT2D eigenvalue weighted by Crippen LogP contribution is 2.35. The number of ether oxygens (including phenoxy) is 1. The van der Waals surface area contributed by atoms with E-state index in [0.717, 1.165) is 32.1 Å². The van der Waals surface area contributed by atoms with E-state index in [2.05, 4.69) is 29.3 Å². The molecular formula is C19H18N2OS2. The minimum Gasteiger partial charge on any atom is -0.497 e. The van der Waals surface area contributed by atoms with Crippen LogP contribution in [0.5, 0.6) is 5.75 Å². The number of hydrogen-bond donors (Lipinski definition) is 1. The van der Waals surface area contributed by atoms with E-state index in [1.165, 1.54) is 16.9 Å². The number of thioether (sulfide) groups is 1. The van der Waals surface area contributed by atoms with Crippen molar-refractivity contribution < 1.29 is 4.74 Å². The van der Waals surface area contributed by atoms with Crippen molar-refractivity contribution in [1.29, 1.82) is 0 Å². The summed E-state index contributed by atoms with van der Waals surface area (Å²) in [5.41, 5.74) is 9.19. The van der Waals surface area contributed by atoms with E-state index in [0.29, 0.717) is 0 Å². The van der Waals surface area contributed by atoms with Gasteiger partial charge in [-0.15, -0.1) is 0 Å². The number of nitrogens with two attached hydrogens (primary N) is 1. The van der Waals surface area contributed by atoms with Crippen LogP contribution in [0.15, 0.2) is 65.0 Å². The first kappa shape index (κ1) is 16.6. The fourth-order valence-electron chi connectivity index (χ4n) is 2.20. The number of hydrogen-bond acceptors (Lipinski definition) is 5. The van der Waals surface area contributed by atoms with Crippen molar-refractivity contribution >= 4 is 34.2 Å². The third-order valence-corrected chi connectivity index (χ3v) is 5.39. The van der Waals surface area contributed by atoms with E-state index in [4.69, 9.17) is 10.5 Å². The highest BCUT2D eigenvalue weighted by Gasteiger charge is 2.10. The van der Waals surface area contributed by atoms with Crippen LogP contribution in [0.3, 0.4) is 0 Å². The van der Waals surface area contributed by atoms with Gasteiger partial charge in [0, 0.05) is 11.3 Å². The molecule has 0 spiro atoms. The van der Waals surface area contributed by atoms with Crippen LogP contribution >= 0.6 is 23.1 Å². The van der Waals surface area contributed by atoms with Gasteiger partial charge in [0.2, 0.25) is 0 Å². The van der Waals surface area contributed by atoms with Gasteiger partial charge < -0.3 is 10.5 Å². The molecule has 2 N–H and O–H groups in total. The maximum absolute atomic E-state index is 6.13. The van der Waals surface area contributed by atoms with Crippen LogP contribution in [-0.2, 0) is 0 Å². The number of aromatic nitrogens is 1. The van der Waals surface area contributed by atoms with Gasteiger partial charge in [0.15, 0.2) is 4.34 Å². The Balaban J connectivity index is 1.64. The van der Waals surface area contributed by atoms with Crippen molar-refractivity contribution in [2.24, 2.45) is 0 Å². The van der Waals surface area contributed by atoms with Gasteiger partial charge in [0.05, 0.1) is 7.11 Å². The van der Waals surface area contributed by atoms with Crippen molar-refractivity contribution in [3.05, 3.63) is 66.2 Å². The lowest BCUT2D eigenvalue weighted by Crippen LogP contribution is -1.87. The van der Waals surface area contributed by atoms with Crippen molar-refractivity contribution in [3.63, 3.8) is 0 Å². The Labute approximate surface area is 150 Å². The number of methoxy groups -OCH3 is 1. The summed E-state index contributed by atoms with van der Waals surface area (Å²) in [6.45, 7) is 0. The topological polar surface area (TPSA) is 48.1 Å². The van der Waals surface area contributed by atoms with E-state index < -0.39 is 0 Å². The molecule has 0 fully saturated rings. The summed E-state index contributed by atoms with van der Waals surface area (Å²) in [4.78, 5) is 4.66. The van der Waals surface area contributed by atoms with Crippen LogP contribution in [-0.4, -0.2) is 17.8 Å². The van der Waals surface area contributed by atoms with Gasteiger partial charge in [-0.3, -0.25) is 0 Å². The first-order valence-electron chi connectivity index (χ1n) is 7.51. The van der Waals surface area contributed by atoms with E-state index in [-0.39, 0.29) is 0 Å². The Bertz CT molecular complexity index is 811. The summed E-state index contributed by atoms with van der Waals surface area (Å²) in [7, 11) is 1.66. The molecule has 0 atom stereocenters. The molecule has 3 aromatic rings. The fraction of sp³-hybridized carbons (Fsp3) is 0.105. The summed E-state index contributed by atoms with van der Waals surface area (Å²) in [6, 6.07) is 18.1. The molecule has 1 heterocycles. The van der Waals surface area contributed by atoms with Gasteiger partial charge in [-0.25, -0.2) is 4.98 Å². The fourth-order valence-corrected chi connectivity index (χ4v) is 3.98. The number of nitrogens with zero attached hydrogens (tertiary/aromatic N) is 1. The van der Waals surface area contributed by atoms with Crippen LogP contribution in [0.25, 0.3) is 17.3 Å². The van der Waals surface area contributed by atoms with E-state index in [1.54, 1.807) is 18.9 Å². The first-order valence-corrected chi connectivity index (χ1v) is 9.31. The lowest BCUT2D eigenvalue weighted by molar-refractivity contribution is 0.415. The normalized spacial score (nSPS) is 11.0. The Morgan fingerprint density at radius 3 is 2.58 bits per heavy atom. The molecule has 0 bridgehead atoms. The first-order chi connectivity index (χ1) is 11.8. The molecule has 0 radical (unpaired) electrons. The smallest absolute Gasteiger partial charge is 0.152 e. The number of thiazole rings is 1. The lowest BCUT2D eigenvalue weighted by atomic mass is 10.1. The molecule has 1 aromatic heterocycles. The zero-order chi connectivity index (χ0) is 16.8. The van der Waals surface area contributed by atoms with Crippen molar-refractivity contribution in [3.8, 4) is 17.0 Å². The molecule has 24 heavy (non-hydrogen) atoms. The summed E-state index contributed by atoms with van der Waals surface area (Å²) in [5, 5.41) is 0.745. The van der Waals surface area contributed by atoms with Gasteiger partial charge in [-0.2, -0.15) is 0 Å². The number of nitrogen functional groups attached to an aromatic ring is 1. The van der Waals surface area contributed by atoms with Crippen molar-refractivity contribution in [1.82, 2.24) is 4.98 Å². The molecule has 0 aliphatic rings. The zero-order valence-electron chi connectivity index (χ0n) is 13.3. The van der Waals surface area contributed by atoms with Crippen molar-refractivity contribution in [2.75, 3.05) is 18.6 Å². The molecule has 0 saturated carbocycles. The van der Waals surface area contributed by atoms with Gasteiger partial charge in [0.25, 0.3) is 0 Å². The lowest BCUT2D eigenvalue weighted by Gasteiger charge is -2.01. The Morgan fingerprint density at radius 2 is 1.88 bits per heavy atom. The molecule has 2 aromatic carbocycles. The molecule has 5 heteroatoms. The van der Waals surface area contributed by atoms with Gasteiger partial charge in [-0.05, 0) is 29.8 Å². The van der Waals surface area contributed by atoms with Crippen LogP contribution in [0.1, 0.15) is 5.56 Å². The second-order valence-electron chi connectivity index (χ2n) is 5.05. The maximum Gasteiger partial charge on any atom is 0.152 e. The molecule has 0 unspecified atom stereocenters. The number of benzene rings is 2. The van der Waals surface area contributed by atoms with Gasteiger partial charge in [0.1, 0.15) is 16.4 Å². The minimum absolute atomic E-state index is 0.745. The second-order valence-corrected chi connectivity index (χ2v) is 7.34. The maximum atomic E-state index is 6.13. The largest absolute Gasteiger partial charge is 0.497 e. The number of rotatable bonds is 6. The van der Waals surface area contributed by atoms with Gasteiger partial charge >= 0.3 is 0 Å². The van der Waals surface area contributed by atoms with E-state index in [9.17, 15) is 0 Å². The molecule has 0 aliphatic carbocycles. The molecule has 0 amide bonds. The average Bonchev–Trinajstić information content (AvgIpc) is 3.00. The molecule has 3 nitrogen and oxygen atoms in total. The Morgan fingerprint density at radius 1 is 1.12 bits per heavy atom. The van der Waals surface area contributed by atoms with Crippen LogP contribution in [0.4, 0.5) is 5.00 Å². The molecule has 3 rings (SSSR count). The van der Waals surface area contributed by atoms with Crippen molar-refractivity contribution in [2.45, 2.75) is 4.34 Å². The summed E-state index contributed by atoms with van der Waals surface area (Å²) in [6.07, 6.45) is 4.26. The SMILES string of the molecule is COc1ccc(-c2nc(SC/C=C/c3ccccc3)sc2N)cc1. The third kappa shape index (κ3) is 4.19. The van der Waals surface area contributed by atoms with Crippen LogP contribution in [0, 0.1) is 0 Å². The Kier molecular flexibility index (Phi) is 5.56. The molecular weight excluding hydrogens is 336 g/mol. The monoisotopic (exact) mass is 354 g/mol. The molecule has 0 saturated heterocycles. The average molecular weight is 355 g/mol. The Hall–Kier alpha value is -2.24. The van der Waals surface area contributed by atoms with E-state index >= 15 is 0 Å². The standard InChI is InChI=1S/C19H18N2OS2/c1-22-16-11-9-15(10-12-16)17-18(20)24-19(21-17)23-13-5-8-14-6-3-2-4-7-14/h2-12H,13,20H2,1H3/b8-5+. The van der Waals surface area contributed by atoms with E-state index in [1.807, 2.05) is 42.5 Å². The third-order valence-electron chi connectivity index (χ3n) is 3.41. The molecule has 0 aliphatic heterocycles. The number of anilines is 1. The second kappa shape index (κ2) is 8.04. The quantitative estimate of drug-likeness (QED) is 0.618.